The summed E-state index contributed by atoms with van der Waals surface area (Å²) in [6.07, 6.45) is 6.82. The molecule has 2 N–H and O–H groups in total. The summed E-state index contributed by atoms with van der Waals surface area (Å²) in [6.45, 7) is 5.24. The molecule has 0 atom stereocenters. The third kappa shape index (κ3) is 7.91. The molecular weight excluding hydrogens is 529 g/mol. The number of hydrogen-bond donors (Lipinski definition) is 2. The van der Waals surface area contributed by atoms with Crippen molar-refractivity contribution in [1.29, 1.82) is 0 Å². The number of aliphatic imine (C=N–C) groups is 1. The van der Waals surface area contributed by atoms with Crippen LogP contribution >= 0.6 is 35.6 Å². The summed E-state index contributed by atoms with van der Waals surface area (Å²) >= 11 is 5.93. The highest BCUT2D eigenvalue weighted by Crippen LogP contribution is 2.40. The lowest BCUT2D eigenvalue weighted by Gasteiger charge is -2.30. The van der Waals surface area contributed by atoms with E-state index < -0.39 is 0 Å². The molecule has 1 heterocycles. The molecule has 0 unspecified atom stereocenters. The fraction of sp³-hybridized carbons (Fsp3) is 0.591. The molecule has 2 aromatic rings. The Morgan fingerprint density at radius 1 is 1.23 bits per heavy atom. The lowest BCUT2D eigenvalue weighted by molar-refractivity contribution is 0.105. The van der Waals surface area contributed by atoms with Gasteiger partial charge in [0.25, 0.3) is 0 Å². The quantitative estimate of drug-likeness (QED) is 0.189. The zero-order chi connectivity index (χ0) is 21.2. The average molecular weight is 562 g/mol. The first kappa shape index (κ1) is 25.9. The van der Waals surface area contributed by atoms with Crippen molar-refractivity contribution in [2.75, 3.05) is 33.4 Å². The van der Waals surface area contributed by atoms with Crippen LogP contribution < -0.4 is 10.6 Å². The molecular formula is C22H33ClIN5O2. The van der Waals surface area contributed by atoms with E-state index in [4.69, 9.17) is 20.9 Å². The Bertz CT molecular complexity index is 806. The van der Waals surface area contributed by atoms with Crippen LogP contribution in [-0.2, 0) is 11.2 Å². The monoisotopic (exact) mass is 561 g/mol. The molecule has 0 aliphatic heterocycles. The van der Waals surface area contributed by atoms with Crippen molar-refractivity contribution < 1.29 is 9.26 Å². The van der Waals surface area contributed by atoms with Gasteiger partial charge in [0, 0.05) is 50.4 Å². The van der Waals surface area contributed by atoms with Gasteiger partial charge in [0.1, 0.15) is 0 Å². The average Bonchev–Trinajstić information content (AvgIpc) is 3.42. The van der Waals surface area contributed by atoms with Crippen LogP contribution in [-0.4, -0.2) is 49.5 Å². The maximum absolute atomic E-state index is 5.93. The van der Waals surface area contributed by atoms with E-state index in [2.05, 4.69) is 25.8 Å². The Morgan fingerprint density at radius 2 is 1.97 bits per heavy atom. The van der Waals surface area contributed by atoms with Crippen molar-refractivity contribution in [1.82, 2.24) is 20.8 Å². The third-order valence-corrected chi connectivity index (χ3v) is 5.95. The lowest BCUT2D eigenvalue weighted by Crippen LogP contribution is -2.44. The number of nitrogens with zero attached hydrogens (tertiary/aromatic N) is 3. The summed E-state index contributed by atoms with van der Waals surface area (Å²) in [5, 5.41) is 11.6. The molecule has 1 aliphatic carbocycles. The minimum atomic E-state index is 0. The van der Waals surface area contributed by atoms with Gasteiger partial charge < -0.3 is 19.9 Å². The zero-order valence-corrected chi connectivity index (χ0v) is 21.4. The highest BCUT2D eigenvalue weighted by Gasteiger charge is 2.33. The van der Waals surface area contributed by atoms with Crippen molar-refractivity contribution >= 4 is 41.5 Å². The summed E-state index contributed by atoms with van der Waals surface area (Å²) in [4.78, 5) is 8.81. The number of benzene rings is 1. The Kier molecular flexibility index (Phi) is 11.0. The van der Waals surface area contributed by atoms with Crippen molar-refractivity contribution in [2.24, 2.45) is 10.4 Å². The molecule has 1 aliphatic rings. The summed E-state index contributed by atoms with van der Waals surface area (Å²) < 4.78 is 11.0. The molecule has 9 heteroatoms. The number of ether oxygens (including phenoxy) is 1. The summed E-state index contributed by atoms with van der Waals surface area (Å²) in [5.41, 5.74) is 1.20. The van der Waals surface area contributed by atoms with E-state index in [-0.39, 0.29) is 24.0 Å². The Labute approximate surface area is 206 Å². The van der Waals surface area contributed by atoms with E-state index in [0.717, 1.165) is 37.7 Å². The van der Waals surface area contributed by atoms with E-state index in [9.17, 15) is 0 Å². The van der Waals surface area contributed by atoms with E-state index >= 15 is 0 Å². The second kappa shape index (κ2) is 13.2. The standard InChI is InChI=1S/C22H32ClN5O2.HI/c1-3-29-15-13-22(11-4-5-12-22)16-26-21(24-2)25-14-10-19-27-20(28-30-19)17-6-8-18(23)9-7-17;/h6-9H,3-5,10-16H2,1-2H3,(H2,24,25,26);1H. The minimum Gasteiger partial charge on any atom is -0.382 e. The van der Waals surface area contributed by atoms with Crippen LogP contribution in [0.3, 0.4) is 0 Å². The van der Waals surface area contributed by atoms with Gasteiger partial charge in [0.15, 0.2) is 5.96 Å². The number of rotatable bonds is 10. The predicted molar refractivity (Wildman–Crippen MR) is 135 cm³/mol. The van der Waals surface area contributed by atoms with Gasteiger partial charge in [0.05, 0.1) is 0 Å². The fourth-order valence-electron chi connectivity index (χ4n) is 3.93. The maximum atomic E-state index is 5.93. The normalized spacial score (nSPS) is 15.5. The number of halogens is 2. The minimum absolute atomic E-state index is 0. The molecule has 0 spiro atoms. The lowest BCUT2D eigenvalue weighted by atomic mass is 9.83. The number of guanidine groups is 1. The SMILES string of the molecule is CCOCCC1(CNC(=NC)NCCc2nc(-c3ccc(Cl)cc3)no2)CCCC1.I. The van der Waals surface area contributed by atoms with E-state index in [1.54, 1.807) is 7.05 Å². The molecule has 172 valence electrons. The molecule has 3 rings (SSSR count). The van der Waals surface area contributed by atoms with Crippen molar-refractivity contribution in [3.8, 4) is 11.4 Å². The van der Waals surface area contributed by atoms with Crippen LogP contribution in [0.2, 0.25) is 5.02 Å². The molecule has 1 aromatic heterocycles. The first-order valence-electron chi connectivity index (χ1n) is 10.7. The van der Waals surface area contributed by atoms with Gasteiger partial charge >= 0.3 is 0 Å². The first-order valence-corrected chi connectivity index (χ1v) is 11.1. The van der Waals surface area contributed by atoms with Crippen LogP contribution in [0.25, 0.3) is 11.4 Å². The van der Waals surface area contributed by atoms with Crippen LogP contribution in [0.1, 0.15) is 44.9 Å². The summed E-state index contributed by atoms with van der Waals surface area (Å²) in [6, 6.07) is 7.39. The van der Waals surface area contributed by atoms with E-state index in [1.165, 1.54) is 25.7 Å². The van der Waals surface area contributed by atoms with Gasteiger partial charge in [-0.2, -0.15) is 4.98 Å². The van der Waals surface area contributed by atoms with Crippen LogP contribution in [0.5, 0.6) is 0 Å². The van der Waals surface area contributed by atoms with Crippen molar-refractivity contribution in [3.63, 3.8) is 0 Å². The Morgan fingerprint density at radius 3 is 2.65 bits per heavy atom. The van der Waals surface area contributed by atoms with Gasteiger partial charge in [-0.25, -0.2) is 0 Å². The highest BCUT2D eigenvalue weighted by molar-refractivity contribution is 14.0. The van der Waals surface area contributed by atoms with Crippen LogP contribution in [0, 0.1) is 5.41 Å². The predicted octanol–water partition coefficient (Wildman–Crippen LogP) is 4.70. The first-order chi connectivity index (χ1) is 14.6. The Hall–Kier alpha value is -1.39. The largest absolute Gasteiger partial charge is 0.382 e. The van der Waals surface area contributed by atoms with E-state index in [1.807, 2.05) is 31.2 Å². The van der Waals surface area contributed by atoms with Crippen molar-refractivity contribution in [3.05, 3.63) is 35.2 Å². The van der Waals surface area contributed by atoms with Gasteiger partial charge in [-0.15, -0.1) is 24.0 Å². The molecule has 0 saturated heterocycles. The molecule has 1 saturated carbocycles. The molecule has 1 fully saturated rings. The molecule has 0 bridgehead atoms. The molecule has 7 nitrogen and oxygen atoms in total. The summed E-state index contributed by atoms with van der Waals surface area (Å²) in [5.74, 6) is 1.96. The number of hydrogen-bond acceptors (Lipinski definition) is 5. The molecule has 0 radical (unpaired) electrons. The van der Waals surface area contributed by atoms with Gasteiger partial charge in [-0.3, -0.25) is 4.99 Å². The van der Waals surface area contributed by atoms with E-state index in [0.29, 0.717) is 35.1 Å². The molecule has 0 amide bonds. The zero-order valence-electron chi connectivity index (χ0n) is 18.3. The Balaban J connectivity index is 0.00000341. The van der Waals surface area contributed by atoms with Gasteiger partial charge in [-0.1, -0.05) is 29.6 Å². The maximum Gasteiger partial charge on any atom is 0.228 e. The van der Waals surface area contributed by atoms with Gasteiger partial charge in [0.2, 0.25) is 11.7 Å². The van der Waals surface area contributed by atoms with Crippen molar-refractivity contribution in [2.45, 2.75) is 45.4 Å². The number of nitrogens with one attached hydrogen (secondary N) is 2. The van der Waals surface area contributed by atoms with Crippen LogP contribution in [0.15, 0.2) is 33.8 Å². The molecule has 1 aromatic carbocycles. The second-order valence-electron chi connectivity index (χ2n) is 7.78. The smallest absolute Gasteiger partial charge is 0.228 e. The van der Waals surface area contributed by atoms with Crippen LogP contribution in [0.4, 0.5) is 0 Å². The summed E-state index contributed by atoms with van der Waals surface area (Å²) in [7, 11) is 1.79. The number of aromatic nitrogens is 2. The topological polar surface area (TPSA) is 84.6 Å². The second-order valence-corrected chi connectivity index (χ2v) is 8.21. The fourth-order valence-corrected chi connectivity index (χ4v) is 4.05. The third-order valence-electron chi connectivity index (χ3n) is 5.70. The molecule has 31 heavy (non-hydrogen) atoms. The van der Waals surface area contributed by atoms with Gasteiger partial charge in [-0.05, 0) is 55.9 Å². The highest BCUT2D eigenvalue weighted by atomic mass is 127.